The molecule has 0 bridgehead atoms. The fourth-order valence-corrected chi connectivity index (χ4v) is 4.38. The second-order valence-electron chi connectivity index (χ2n) is 7.99. The Bertz CT molecular complexity index is 1140. The fraction of sp³-hybridized carbons (Fsp3) is 0.364. The molecule has 2 N–H and O–H groups in total. The Morgan fingerprint density at radius 3 is 2.61 bits per heavy atom. The number of allylic oxidation sites excluding steroid dienone is 1. The number of halogens is 3. The minimum absolute atomic E-state index is 0.0425. The van der Waals surface area contributed by atoms with Gasteiger partial charge in [-0.15, -0.1) is 0 Å². The minimum atomic E-state index is -0.775. The molecule has 0 aromatic carbocycles. The van der Waals surface area contributed by atoms with Gasteiger partial charge in [-0.1, -0.05) is 19.4 Å². The number of amides is 1. The topological polar surface area (TPSA) is 79.8 Å². The van der Waals surface area contributed by atoms with E-state index in [1.165, 1.54) is 0 Å². The van der Waals surface area contributed by atoms with Crippen LogP contribution in [0.15, 0.2) is 29.1 Å². The third-order valence-corrected chi connectivity index (χ3v) is 5.79. The van der Waals surface area contributed by atoms with E-state index in [1.54, 1.807) is 6.20 Å². The van der Waals surface area contributed by atoms with Gasteiger partial charge < -0.3 is 10.6 Å². The van der Waals surface area contributed by atoms with Gasteiger partial charge in [-0.05, 0) is 60.4 Å². The van der Waals surface area contributed by atoms with E-state index in [0.29, 0.717) is 30.5 Å². The number of hydrogen-bond donors (Lipinski definition) is 2. The summed E-state index contributed by atoms with van der Waals surface area (Å²) >= 11 is 5.74. The lowest BCUT2D eigenvalue weighted by molar-refractivity contribution is -0.117. The molecule has 6 nitrogen and oxygen atoms in total. The van der Waals surface area contributed by atoms with Crippen molar-refractivity contribution in [2.75, 3.05) is 11.9 Å². The van der Waals surface area contributed by atoms with E-state index in [0.717, 1.165) is 34.9 Å². The number of rotatable bonds is 4. The first kappa shape index (κ1) is 21.4. The highest BCUT2D eigenvalue weighted by Gasteiger charge is 2.32. The molecule has 9 heteroatoms. The van der Waals surface area contributed by atoms with E-state index in [1.807, 2.05) is 20.8 Å². The predicted octanol–water partition coefficient (Wildman–Crippen LogP) is 4.74. The number of fused-ring (bicyclic) bond motifs is 1. The van der Waals surface area contributed by atoms with Gasteiger partial charge >= 0.3 is 0 Å². The van der Waals surface area contributed by atoms with Crippen LogP contribution in [0.3, 0.4) is 0 Å². The van der Waals surface area contributed by atoms with Crippen molar-refractivity contribution in [1.82, 2.24) is 20.3 Å². The zero-order valence-corrected chi connectivity index (χ0v) is 18.2. The first-order valence-electron chi connectivity index (χ1n) is 10.1. The highest BCUT2D eigenvalue weighted by atomic mass is 35.5. The summed E-state index contributed by atoms with van der Waals surface area (Å²) in [6.07, 6.45) is 4.45. The van der Waals surface area contributed by atoms with Crippen LogP contribution in [-0.4, -0.2) is 27.4 Å². The number of aryl methyl sites for hydroxylation is 1. The van der Waals surface area contributed by atoms with Crippen LogP contribution in [0.5, 0.6) is 0 Å². The van der Waals surface area contributed by atoms with Crippen molar-refractivity contribution >= 4 is 34.7 Å². The quantitative estimate of drug-likeness (QED) is 0.664. The Kier molecular flexibility index (Phi) is 5.75. The molecule has 162 valence electrons. The van der Waals surface area contributed by atoms with Gasteiger partial charge in [0.25, 0.3) is 5.91 Å². The number of nitrogens with one attached hydrogen (secondary N) is 2. The fourth-order valence-electron chi connectivity index (χ4n) is 4.24. The molecule has 2 aromatic heterocycles. The van der Waals surface area contributed by atoms with Crippen LogP contribution >= 0.6 is 11.6 Å². The molecule has 0 saturated heterocycles. The standard InChI is InChI=1S/C22H22ClF2N5O/c1-10(2)15-13(16-11(3)6-7-26-21(16)31)5-4-12-8-27-20(18(25)17(12)15)29-19-14(24)9-28-22(23)30-19/h8-10H,4-7H2,1-3H3,(H,26,31)(H,27,28,29,30). The summed E-state index contributed by atoms with van der Waals surface area (Å²) in [6.45, 7) is 6.50. The van der Waals surface area contributed by atoms with Gasteiger partial charge in [0.05, 0.1) is 6.20 Å². The molecule has 3 heterocycles. The number of carbonyl (C=O) groups is 1. The van der Waals surface area contributed by atoms with Crippen LogP contribution in [-0.2, 0) is 11.2 Å². The number of anilines is 2. The molecule has 0 unspecified atom stereocenters. The zero-order valence-electron chi connectivity index (χ0n) is 17.4. The number of nitrogens with zero attached hydrogens (tertiary/aromatic N) is 3. The lowest BCUT2D eigenvalue weighted by Crippen LogP contribution is -2.33. The molecule has 0 atom stereocenters. The second kappa shape index (κ2) is 8.34. The summed E-state index contributed by atoms with van der Waals surface area (Å²) in [5.41, 5.74) is 4.46. The first-order chi connectivity index (χ1) is 14.8. The lowest BCUT2D eigenvalue weighted by atomic mass is 9.76. The van der Waals surface area contributed by atoms with Gasteiger partial charge in [0.1, 0.15) is 0 Å². The highest BCUT2D eigenvalue weighted by molar-refractivity contribution is 6.28. The second-order valence-corrected chi connectivity index (χ2v) is 8.33. The van der Waals surface area contributed by atoms with E-state index in [9.17, 15) is 9.18 Å². The van der Waals surface area contributed by atoms with Crippen molar-refractivity contribution in [1.29, 1.82) is 0 Å². The summed E-state index contributed by atoms with van der Waals surface area (Å²) in [4.78, 5) is 24.1. The summed E-state index contributed by atoms with van der Waals surface area (Å²) in [5.74, 6) is -1.97. The van der Waals surface area contributed by atoms with Crippen molar-refractivity contribution in [2.24, 2.45) is 5.92 Å². The average molecular weight is 446 g/mol. The summed E-state index contributed by atoms with van der Waals surface area (Å²) in [5, 5.41) is 5.32. The van der Waals surface area contributed by atoms with Crippen molar-refractivity contribution < 1.29 is 13.6 Å². The van der Waals surface area contributed by atoms with E-state index in [2.05, 4.69) is 25.6 Å². The molecule has 1 amide bonds. The molecule has 31 heavy (non-hydrogen) atoms. The van der Waals surface area contributed by atoms with E-state index >= 15 is 4.39 Å². The van der Waals surface area contributed by atoms with Crippen molar-refractivity contribution in [3.63, 3.8) is 0 Å². The number of hydrogen-bond acceptors (Lipinski definition) is 5. The third kappa shape index (κ3) is 3.92. The Morgan fingerprint density at radius 2 is 1.90 bits per heavy atom. The van der Waals surface area contributed by atoms with Crippen LogP contribution in [0.1, 0.15) is 44.7 Å². The monoisotopic (exact) mass is 445 g/mol. The molecule has 4 rings (SSSR count). The maximum atomic E-state index is 15.7. The van der Waals surface area contributed by atoms with E-state index < -0.39 is 11.6 Å². The van der Waals surface area contributed by atoms with Crippen LogP contribution in [0.25, 0.3) is 5.57 Å². The van der Waals surface area contributed by atoms with E-state index in [4.69, 9.17) is 11.6 Å². The Labute approximate surface area is 183 Å². The number of aromatic nitrogens is 3. The Hall–Kier alpha value is -2.87. The third-order valence-electron chi connectivity index (χ3n) is 5.61. The van der Waals surface area contributed by atoms with Crippen molar-refractivity contribution in [3.05, 3.63) is 57.2 Å². The molecule has 0 saturated carbocycles. The molecule has 0 fully saturated rings. The Morgan fingerprint density at radius 1 is 1.13 bits per heavy atom. The normalized spacial score (nSPS) is 16.5. The van der Waals surface area contributed by atoms with E-state index in [-0.39, 0.29) is 28.7 Å². The van der Waals surface area contributed by atoms with Crippen LogP contribution in [0.2, 0.25) is 5.28 Å². The summed E-state index contributed by atoms with van der Waals surface area (Å²) in [7, 11) is 0. The summed E-state index contributed by atoms with van der Waals surface area (Å²) in [6, 6.07) is 0. The molecule has 0 spiro atoms. The number of pyridine rings is 1. The van der Waals surface area contributed by atoms with Gasteiger partial charge in [-0.2, -0.15) is 4.98 Å². The molecular weight excluding hydrogens is 424 g/mol. The first-order valence-corrected chi connectivity index (χ1v) is 10.5. The van der Waals surface area contributed by atoms with Crippen molar-refractivity contribution in [3.8, 4) is 0 Å². The molecule has 1 aliphatic heterocycles. The van der Waals surface area contributed by atoms with Gasteiger partial charge in [-0.25, -0.2) is 18.7 Å². The molecule has 2 aliphatic rings. The largest absolute Gasteiger partial charge is 0.352 e. The average Bonchev–Trinajstić information content (AvgIpc) is 2.72. The van der Waals surface area contributed by atoms with Crippen molar-refractivity contribution in [2.45, 2.75) is 40.0 Å². The number of carbonyl (C=O) groups excluding carboxylic acids is 1. The predicted molar refractivity (Wildman–Crippen MR) is 115 cm³/mol. The molecular formula is C22H22ClF2N5O. The lowest BCUT2D eigenvalue weighted by Gasteiger charge is -2.30. The summed E-state index contributed by atoms with van der Waals surface area (Å²) < 4.78 is 29.8. The molecule has 2 aromatic rings. The van der Waals surface area contributed by atoms with Gasteiger partial charge in [0, 0.05) is 23.9 Å². The van der Waals surface area contributed by atoms with Crippen LogP contribution in [0, 0.1) is 17.6 Å². The maximum absolute atomic E-state index is 15.7. The van der Waals surface area contributed by atoms with Crippen LogP contribution < -0.4 is 10.6 Å². The minimum Gasteiger partial charge on any atom is -0.352 e. The Balaban J connectivity index is 1.87. The van der Waals surface area contributed by atoms with Gasteiger partial charge in [0.2, 0.25) is 5.28 Å². The molecule has 0 radical (unpaired) electrons. The van der Waals surface area contributed by atoms with Crippen LogP contribution in [0.4, 0.5) is 20.4 Å². The van der Waals surface area contributed by atoms with Gasteiger partial charge in [0.15, 0.2) is 23.3 Å². The maximum Gasteiger partial charge on any atom is 0.251 e. The zero-order chi connectivity index (χ0) is 22.3. The smallest absolute Gasteiger partial charge is 0.251 e. The SMILES string of the molecule is CC1=C(C2=C(C(C)C)c3c(cnc(Nc4nc(Cl)ncc4F)c3F)CC2)C(=O)NCC1. The highest BCUT2D eigenvalue weighted by Crippen LogP contribution is 2.43. The van der Waals surface area contributed by atoms with Gasteiger partial charge in [-0.3, -0.25) is 4.79 Å². The molecule has 1 aliphatic carbocycles.